The van der Waals surface area contributed by atoms with Crippen LogP contribution in [0.1, 0.15) is 74.1 Å². The lowest BCUT2D eigenvalue weighted by Crippen LogP contribution is -2.39. The molecule has 1 nitrogen and oxygen atoms in total. The quantitative estimate of drug-likeness (QED) is 0.721. The lowest BCUT2D eigenvalue weighted by Gasteiger charge is -2.43. The Hall–Kier alpha value is -0.0400. The van der Waals surface area contributed by atoms with Gasteiger partial charge in [-0.15, -0.1) is 0 Å². The highest BCUT2D eigenvalue weighted by Crippen LogP contribution is 2.45. The van der Waals surface area contributed by atoms with Crippen LogP contribution in [0.2, 0.25) is 0 Å². The molecule has 0 bridgehead atoms. The summed E-state index contributed by atoms with van der Waals surface area (Å²) >= 11 is 0. The Labute approximate surface area is 96.8 Å². The fraction of sp³-hybridized carbons (Fsp3) is 1.00. The van der Waals surface area contributed by atoms with Crippen molar-refractivity contribution >= 4 is 0 Å². The summed E-state index contributed by atoms with van der Waals surface area (Å²) in [4.78, 5) is 0. The van der Waals surface area contributed by atoms with Crippen LogP contribution in [0.3, 0.4) is 0 Å². The maximum atomic E-state index is 6.22. The van der Waals surface area contributed by atoms with E-state index in [1.165, 1.54) is 12.8 Å². The molecule has 0 saturated carbocycles. The molecule has 0 spiro atoms. The minimum absolute atomic E-state index is 0.0156. The first-order valence-corrected chi connectivity index (χ1v) is 6.37. The summed E-state index contributed by atoms with van der Waals surface area (Å²) < 4.78 is 0. The second-order valence-corrected chi connectivity index (χ2v) is 6.67. The van der Waals surface area contributed by atoms with Crippen LogP contribution in [-0.2, 0) is 0 Å². The van der Waals surface area contributed by atoms with Crippen molar-refractivity contribution in [1.29, 1.82) is 0 Å². The summed E-state index contributed by atoms with van der Waals surface area (Å²) in [5.74, 6) is 0. The third-order valence-corrected chi connectivity index (χ3v) is 4.65. The normalized spacial score (nSPS) is 20.8. The predicted octanol–water partition coefficient (Wildman–Crippen LogP) is 4.36. The van der Waals surface area contributed by atoms with E-state index in [0.717, 1.165) is 12.8 Å². The molecule has 0 heterocycles. The van der Waals surface area contributed by atoms with Crippen LogP contribution in [0.25, 0.3) is 0 Å². The van der Waals surface area contributed by atoms with Crippen LogP contribution in [0.4, 0.5) is 0 Å². The van der Waals surface area contributed by atoms with Crippen LogP contribution >= 0.6 is 0 Å². The van der Waals surface area contributed by atoms with Crippen LogP contribution < -0.4 is 5.73 Å². The highest BCUT2D eigenvalue weighted by molar-refractivity contribution is 4.88. The molecule has 0 fully saturated rings. The molecule has 0 amide bonds. The Balaban J connectivity index is 4.48. The minimum Gasteiger partial charge on any atom is -0.325 e. The van der Waals surface area contributed by atoms with Crippen LogP contribution in [0, 0.1) is 10.8 Å². The fourth-order valence-corrected chi connectivity index (χ4v) is 1.82. The summed E-state index contributed by atoms with van der Waals surface area (Å²) in [7, 11) is 0. The summed E-state index contributed by atoms with van der Waals surface area (Å²) in [6, 6.07) is 0. The zero-order valence-electron chi connectivity index (χ0n) is 11.9. The SMILES string of the molecule is CCC(C)(N)CCC(C)(CC)C(C)(C)C. The van der Waals surface area contributed by atoms with Crippen molar-refractivity contribution in [3.8, 4) is 0 Å². The highest BCUT2D eigenvalue weighted by Gasteiger charge is 2.36. The van der Waals surface area contributed by atoms with Crippen LogP contribution in [0.5, 0.6) is 0 Å². The summed E-state index contributed by atoms with van der Waals surface area (Å²) in [6.45, 7) is 16.1. The molecule has 2 atom stereocenters. The van der Waals surface area contributed by atoms with Gasteiger partial charge in [0.2, 0.25) is 0 Å². The lowest BCUT2D eigenvalue weighted by molar-refractivity contribution is 0.0798. The highest BCUT2D eigenvalue weighted by atomic mass is 14.7. The molecule has 0 aliphatic carbocycles. The predicted molar refractivity (Wildman–Crippen MR) is 70.0 cm³/mol. The van der Waals surface area contributed by atoms with Crippen molar-refractivity contribution in [3.63, 3.8) is 0 Å². The summed E-state index contributed by atoms with van der Waals surface area (Å²) in [5.41, 5.74) is 7.01. The van der Waals surface area contributed by atoms with E-state index >= 15 is 0 Å². The molecule has 0 aromatic rings. The van der Waals surface area contributed by atoms with Crippen molar-refractivity contribution in [2.75, 3.05) is 0 Å². The first-order valence-electron chi connectivity index (χ1n) is 6.37. The molecule has 0 radical (unpaired) electrons. The molecule has 0 aliphatic heterocycles. The molecular formula is C14H31N. The zero-order chi connectivity index (χ0) is 12.3. The van der Waals surface area contributed by atoms with Gasteiger partial charge in [-0.25, -0.2) is 0 Å². The van der Waals surface area contributed by atoms with E-state index in [4.69, 9.17) is 5.73 Å². The van der Waals surface area contributed by atoms with Gasteiger partial charge in [-0.3, -0.25) is 0 Å². The van der Waals surface area contributed by atoms with Gasteiger partial charge in [0.1, 0.15) is 0 Å². The zero-order valence-corrected chi connectivity index (χ0v) is 11.9. The lowest BCUT2D eigenvalue weighted by atomic mass is 9.63. The maximum Gasteiger partial charge on any atom is 0.0123 e. The third kappa shape index (κ3) is 4.14. The number of nitrogens with two attached hydrogens (primary N) is 1. The number of hydrogen-bond acceptors (Lipinski definition) is 1. The van der Waals surface area contributed by atoms with E-state index in [9.17, 15) is 0 Å². The number of rotatable bonds is 5. The number of hydrogen-bond donors (Lipinski definition) is 1. The van der Waals surface area contributed by atoms with Gasteiger partial charge in [0.15, 0.2) is 0 Å². The fourth-order valence-electron chi connectivity index (χ4n) is 1.82. The average molecular weight is 213 g/mol. The first kappa shape index (κ1) is 15.0. The molecule has 0 aromatic heterocycles. The topological polar surface area (TPSA) is 26.0 Å². The monoisotopic (exact) mass is 213 g/mol. The van der Waals surface area contributed by atoms with Gasteiger partial charge in [0.25, 0.3) is 0 Å². The summed E-state index contributed by atoms with van der Waals surface area (Å²) in [5, 5.41) is 0. The van der Waals surface area contributed by atoms with Crippen LogP contribution in [-0.4, -0.2) is 5.54 Å². The molecule has 0 aromatic carbocycles. The largest absolute Gasteiger partial charge is 0.325 e. The second-order valence-electron chi connectivity index (χ2n) is 6.67. The molecule has 15 heavy (non-hydrogen) atoms. The van der Waals surface area contributed by atoms with Gasteiger partial charge in [-0.1, -0.05) is 48.0 Å². The van der Waals surface area contributed by atoms with E-state index in [1.807, 2.05) is 0 Å². The molecule has 1 heteroatoms. The minimum atomic E-state index is 0.0156. The van der Waals surface area contributed by atoms with Gasteiger partial charge < -0.3 is 5.73 Å². The Morgan fingerprint density at radius 3 is 1.53 bits per heavy atom. The molecule has 2 unspecified atom stereocenters. The molecule has 2 N–H and O–H groups in total. The molecule has 0 aliphatic rings. The standard InChI is InChI=1S/C14H31N/c1-8-13(6,12(3,4)5)10-11-14(7,15)9-2/h8-11,15H2,1-7H3. The van der Waals surface area contributed by atoms with E-state index in [-0.39, 0.29) is 5.54 Å². The molecule has 0 rings (SSSR count). The van der Waals surface area contributed by atoms with E-state index in [2.05, 4.69) is 48.5 Å². The van der Waals surface area contributed by atoms with E-state index in [0.29, 0.717) is 10.8 Å². The third-order valence-electron chi connectivity index (χ3n) is 4.65. The first-order chi connectivity index (χ1) is 6.58. The molecular weight excluding hydrogens is 182 g/mol. The Morgan fingerprint density at radius 2 is 1.27 bits per heavy atom. The molecule has 92 valence electrons. The van der Waals surface area contributed by atoms with Gasteiger partial charge in [0, 0.05) is 5.54 Å². The van der Waals surface area contributed by atoms with Gasteiger partial charge in [0.05, 0.1) is 0 Å². The van der Waals surface area contributed by atoms with E-state index < -0.39 is 0 Å². The van der Waals surface area contributed by atoms with Crippen molar-refractivity contribution in [2.45, 2.75) is 79.7 Å². The van der Waals surface area contributed by atoms with Gasteiger partial charge in [-0.05, 0) is 37.0 Å². The van der Waals surface area contributed by atoms with Gasteiger partial charge >= 0.3 is 0 Å². The van der Waals surface area contributed by atoms with Crippen molar-refractivity contribution < 1.29 is 0 Å². The van der Waals surface area contributed by atoms with E-state index in [1.54, 1.807) is 0 Å². The Bertz CT molecular complexity index is 188. The van der Waals surface area contributed by atoms with Gasteiger partial charge in [-0.2, -0.15) is 0 Å². The maximum absolute atomic E-state index is 6.22. The van der Waals surface area contributed by atoms with Crippen molar-refractivity contribution in [3.05, 3.63) is 0 Å². The smallest absolute Gasteiger partial charge is 0.0123 e. The van der Waals surface area contributed by atoms with Crippen molar-refractivity contribution in [2.24, 2.45) is 16.6 Å². The Morgan fingerprint density at radius 1 is 0.800 bits per heavy atom. The molecule has 0 saturated heterocycles. The Kier molecular flexibility index (Phi) is 4.85. The van der Waals surface area contributed by atoms with Crippen LogP contribution in [0.15, 0.2) is 0 Å². The van der Waals surface area contributed by atoms with Crippen molar-refractivity contribution in [1.82, 2.24) is 0 Å². The summed E-state index contributed by atoms with van der Waals surface area (Å²) in [6.07, 6.45) is 4.66. The second kappa shape index (κ2) is 4.86. The average Bonchev–Trinajstić information content (AvgIpc) is 2.12.